The molecular weight excluding hydrogens is 276 g/mol. The average molecular weight is 309 g/mol. The van der Waals surface area contributed by atoms with Crippen molar-refractivity contribution in [3.05, 3.63) is 24.3 Å². The summed E-state index contributed by atoms with van der Waals surface area (Å²) in [4.78, 5) is 10.3. The topological polar surface area (TPSA) is 26.3 Å². The molecule has 1 rings (SSSR count). The zero-order chi connectivity index (χ0) is 15.9. The van der Waals surface area contributed by atoms with Gasteiger partial charge in [-0.15, -0.1) is 0 Å². The highest BCUT2D eigenvalue weighted by Crippen LogP contribution is 2.41. The number of carbonyl (C=O) groups excluding carboxylic acids is 1. The first kappa shape index (κ1) is 18.4. The van der Waals surface area contributed by atoms with E-state index in [4.69, 9.17) is 4.43 Å². The van der Waals surface area contributed by atoms with Crippen molar-refractivity contribution in [2.24, 2.45) is 17.3 Å². The van der Waals surface area contributed by atoms with Gasteiger partial charge in [-0.1, -0.05) is 51.8 Å². The Balaban J connectivity index is 2.87. The number of rotatable bonds is 6. The Bertz CT molecular complexity index is 366. The van der Waals surface area contributed by atoms with E-state index in [0.717, 1.165) is 6.29 Å². The lowest BCUT2D eigenvalue weighted by atomic mass is 9.69. The van der Waals surface area contributed by atoms with E-state index in [-0.39, 0.29) is 5.41 Å². The second-order valence-electron chi connectivity index (χ2n) is 7.49. The lowest BCUT2D eigenvalue weighted by molar-refractivity contribution is -0.104. The van der Waals surface area contributed by atoms with Gasteiger partial charge in [-0.05, 0) is 49.3 Å². The Morgan fingerprint density at radius 3 is 2.33 bits per heavy atom. The number of aldehydes is 1. The smallest absolute Gasteiger partial charge is 0.171 e. The van der Waals surface area contributed by atoms with Gasteiger partial charge in [0.05, 0.1) is 6.10 Å². The van der Waals surface area contributed by atoms with Crippen LogP contribution in [-0.2, 0) is 9.22 Å². The number of hydrogen-bond donors (Lipinski definition) is 0. The van der Waals surface area contributed by atoms with Gasteiger partial charge in [-0.2, -0.15) is 0 Å². The first-order valence-corrected chi connectivity index (χ1v) is 11.1. The van der Waals surface area contributed by atoms with Crippen molar-refractivity contribution in [1.82, 2.24) is 0 Å². The van der Waals surface area contributed by atoms with Crippen LogP contribution in [0.25, 0.3) is 0 Å². The molecule has 0 saturated heterocycles. The molecule has 3 heteroatoms. The molecule has 120 valence electrons. The minimum Gasteiger partial charge on any atom is -0.417 e. The van der Waals surface area contributed by atoms with Crippen molar-refractivity contribution >= 4 is 15.3 Å². The van der Waals surface area contributed by atoms with E-state index >= 15 is 0 Å². The molecule has 1 unspecified atom stereocenters. The molecule has 0 spiro atoms. The van der Waals surface area contributed by atoms with Crippen LogP contribution in [0.15, 0.2) is 24.3 Å². The monoisotopic (exact) mass is 308 g/mol. The Morgan fingerprint density at radius 2 is 1.76 bits per heavy atom. The van der Waals surface area contributed by atoms with Crippen molar-refractivity contribution in [3.63, 3.8) is 0 Å². The van der Waals surface area contributed by atoms with E-state index in [0.29, 0.717) is 17.9 Å². The van der Waals surface area contributed by atoms with Crippen LogP contribution in [-0.4, -0.2) is 21.4 Å². The van der Waals surface area contributed by atoms with Gasteiger partial charge in [0.25, 0.3) is 0 Å². The maximum Gasteiger partial charge on any atom is 0.171 e. The molecule has 1 aliphatic carbocycles. The molecule has 1 aliphatic rings. The van der Waals surface area contributed by atoms with Crippen LogP contribution in [0, 0.1) is 17.3 Å². The predicted octanol–water partition coefficient (Wildman–Crippen LogP) is 4.52. The molecule has 0 heterocycles. The summed E-state index contributed by atoms with van der Waals surface area (Å²) >= 11 is 0. The van der Waals surface area contributed by atoms with Crippen LogP contribution in [0.4, 0.5) is 0 Å². The molecule has 0 aromatic heterocycles. The molecule has 0 N–H and O–H groups in total. The lowest BCUT2D eigenvalue weighted by Gasteiger charge is -2.43. The fourth-order valence-corrected chi connectivity index (χ4v) is 4.56. The molecule has 1 saturated carbocycles. The van der Waals surface area contributed by atoms with Crippen molar-refractivity contribution in [3.8, 4) is 0 Å². The number of hydrogen-bond acceptors (Lipinski definition) is 2. The van der Waals surface area contributed by atoms with Crippen LogP contribution in [0.5, 0.6) is 0 Å². The fourth-order valence-electron chi connectivity index (χ4n) is 3.36. The second-order valence-corrected chi connectivity index (χ2v) is 9.86. The standard InChI is InChI=1S/C18H32O2Si/c1-18(2,3)17(20-21(4)5)16-13-9-8-12-15(16)11-7-6-10-14-19/h6-7,10-11,14-17,21H,8-9,12-13H2,1-5H3/t15-,16+,17?/m0/s1. The van der Waals surface area contributed by atoms with Gasteiger partial charge in [0.15, 0.2) is 9.04 Å². The number of allylic oxidation sites excluding steroid dienone is 4. The van der Waals surface area contributed by atoms with E-state index in [9.17, 15) is 4.79 Å². The minimum absolute atomic E-state index is 0.185. The first-order valence-electron chi connectivity index (χ1n) is 8.30. The Kier molecular flexibility index (Phi) is 7.61. The van der Waals surface area contributed by atoms with Crippen molar-refractivity contribution in [2.75, 3.05) is 0 Å². The highest BCUT2D eigenvalue weighted by atomic mass is 28.3. The highest BCUT2D eigenvalue weighted by molar-refractivity contribution is 6.48. The van der Waals surface area contributed by atoms with Gasteiger partial charge in [0.2, 0.25) is 0 Å². The summed E-state index contributed by atoms with van der Waals surface area (Å²) in [6.45, 7) is 11.4. The van der Waals surface area contributed by atoms with E-state index in [1.165, 1.54) is 25.7 Å². The van der Waals surface area contributed by atoms with Crippen molar-refractivity contribution < 1.29 is 9.22 Å². The Hall–Kier alpha value is -0.673. The molecule has 0 aromatic rings. The average Bonchev–Trinajstić information content (AvgIpc) is 2.40. The van der Waals surface area contributed by atoms with E-state index in [2.05, 4.69) is 39.9 Å². The number of carbonyl (C=O) groups is 1. The highest BCUT2D eigenvalue weighted by Gasteiger charge is 2.38. The maximum absolute atomic E-state index is 10.3. The summed E-state index contributed by atoms with van der Waals surface area (Å²) in [5.41, 5.74) is 0.185. The maximum atomic E-state index is 10.3. The van der Waals surface area contributed by atoms with Gasteiger partial charge >= 0.3 is 0 Å². The molecular formula is C18H32O2Si. The lowest BCUT2D eigenvalue weighted by Crippen LogP contribution is -2.43. The third-order valence-electron chi connectivity index (χ3n) is 4.20. The molecule has 3 atom stereocenters. The Labute approximate surface area is 132 Å². The van der Waals surface area contributed by atoms with E-state index in [1.54, 1.807) is 6.08 Å². The molecule has 0 aliphatic heterocycles. The summed E-state index contributed by atoms with van der Waals surface area (Å²) in [6, 6.07) is 0. The zero-order valence-corrected chi connectivity index (χ0v) is 15.5. The second kappa shape index (κ2) is 8.69. The largest absolute Gasteiger partial charge is 0.417 e. The summed E-state index contributed by atoms with van der Waals surface area (Å²) in [5.74, 6) is 1.18. The predicted molar refractivity (Wildman–Crippen MR) is 93.0 cm³/mol. The van der Waals surface area contributed by atoms with Crippen LogP contribution in [0.1, 0.15) is 46.5 Å². The van der Waals surface area contributed by atoms with Crippen molar-refractivity contribution in [1.29, 1.82) is 0 Å². The van der Waals surface area contributed by atoms with Crippen LogP contribution in [0.2, 0.25) is 13.1 Å². The van der Waals surface area contributed by atoms with Gasteiger partial charge in [-0.25, -0.2) is 0 Å². The molecule has 0 bridgehead atoms. The molecule has 2 nitrogen and oxygen atoms in total. The van der Waals surface area contributed by atoms with Crippen molar-refractivity contribution in [2.45, 2.75) is 65.7 Å². The van der Waals surface area contributed by atoms with Gasteiger partial charge in [0, 0.05) is 0 Å². The quantitative estimate of drug-likeness (QED) is 0.312. The van der Waals surface area contributed by atoms with Crippen LogP contribution < -0.4 is 0 Å². The van der Waals surface area contributed by atoms with E-state index < -0.39 is 9.04 Å². The third kappa shape index (κ3) is 6.31. The summed E-state index contributed by atoms with van der Waals surface area (Å²) < 4.78 is 6.44. The van der Waals surface area contributed by atoms with Gasteiger partial charge < -0.3 is 4.43 Å². The van der Waals surface area contributed by atoms with Gasteiger partial charge in [0.1, 0.15) is 6.29 Å². The Morgan fingerprint density at radius 1 is 1.10 bits per heavy atom. The van der Waals surface area contributed by atoms with Gasteiger partial charge in [-0.3, -0.25) is 4.79 Å². The third-order valence-corrected chi connectivity index (χ3v) is 5.03. The molecule has 21 heavy (non-hydrogen) atoms. The summed E-state index contributed by atoms with van der Waals surface area (Å²) in [6.07, 6.45) is 14.0. The molecule has 0 amide bonds. The molecule has 0 aromatic carbocycles. The SMILES string of the molecule is C[SiH](C)OC([C@@H]1CCCC[C@@H]1C=CC=CC=O)C(C)(C)C. The molecule has 1 fully saturated rings. The molecule has 0 radical (unpaired) electrons. The van der Waals surface area contributed by atoms with Crippen LogP contribution >= 0.6 is 0 Å². The van der Waals surface area contributed by atoms with Crippen LogP contribution in [0.3, 0.4) is 0 Å². The fraction of sp³-hybridized carbons (Fsp3) is 0.722. The summed E-state index contributed by atoms with van der Waals surface area (Å²) in [7, 11) is -1.05. The first-order chi connectivity index (χ1) is 9.86. The minimum atomic E-state index is -1.05. The van der Waals surface area contributed by atoms with E-state index in [1.807, 2.05) is 12.2 Å². The summed E-state index contributed by atoms with van der Waals surface area (Å²) in [5, 5.41) is 0. The normalized spacial score (nSPS) is 25.8. The zero-order valence-electron chi connectivity index (χ0n) is 14.3.